The van der Waals surface area contributed by atoms with Crippen molar-refractivity contribution in [2.45, 2.75) is 39.7 Å². The van der Waals surface area contributed by atoms with E-state index in [-0.39, 0.29) is 0 Å². The van der Waals surface area contributed by atoms with E-state index in [1.807, 2.05) is 4.90 Å². The Morgan fingerprint density at radius 1 is 1.35 bits per heavy atom. The Morgan fingerprint density at radius 3 is 2.53 bits per heavy atom. The molecular formula is C11H23N3O2S. The molecule has 0 aromatic rings. The molecule has 1 rings (SSSR count). The van der Waals surface area contributed by atoms with Crippen LogP contribution in [0.25, 0.3) is 0 Å². The van der Waals surface area contributed by atoms with Gasteiger partial charge in [0.05, 0.1) is 12.8 Å². The molecule has 0 saturated carbocycles. The van der Waals surface area contributed by atoms with Crippen molar-refractivity contribution in [1.82, 2.24) is 9.62 Å². The number of sulfonamides is 1. The molecule has 1 atom stereocenters. The van der Waals surface area contributed by atoms with Crippen LogP contribution in [-0.2, 0) is 10.0 Å². The Labute approximate surface area is 104 Å². The molecule has 1 aliphatic heterocycles. The summed E-state index contributed by atoms with van der Waals surface area (Å²) in [5, 5.41) is 0. The van der Waals surface area contributed by atoms with Crippen molar-refractivity contribution in [3.8, 4) is 0 Å². The van der Waals surface area contributed by atoms with Crippen LogP contribution >= 0.6 is 0 Å². The SMILES string of the molecule is CC(C)CCC(C)N1CCN=C1NS(C)(=O)=O. The number of rotatable bonds is 5. The van der Waals surface area contributed by atoms with E-state index in [0.29, 0.717) is 24.5 Å². The molecule has 6 heteroatoms. The fourth-order valence-electron chi connectivity index (χ4n) is 1.88. The van der Waals surface area contributed by atoms with E-state index < -0.39 is 10.0 Å². The predicted molar refractivity (Wildman–Crippen MR) is 70.5 cm³/mol. The lowest BCUT2D eigenvalue weighted by Crippen LogP contribution is -2.45. The summed E-state index contributed by atoms with van der Waals surface area (Å²) in [4.78, 5) is 6.25. The van der Waals surface area contributed by atoms with Gasteiger partial charge in [0.25, 0.3) is 0 Å². The first-order valence-corrected chi connectivity index (χ1v) is 7.97. The van der Waals surface area contributed by atoms with Crippen LogP contribution in [0, 0.1) is 5.92 Å². The fourth-order valence-corrected chi connectivity index (χ4v) is 2.39. The molecule has 1 heterocycles. The predicted octanol–water partition coefficient (Wildman–Crippen LogP) is 1.03. The molecule has 0 radical (unpaired) electrons. The first-order chi connectivity index (χ1) is 7.79. The summed E-state index contributed by atoms with van der Waals surface area (Å²) < 4.78 is 24.9. The van der Waals surface area contributed by atoms with Gasteiger partial charge in [0.1, 0.15) is 0 Å². The Morgan fingerprint density at radius 2 is 2.00 bits per heavy atom. The monoisotopic (exact) mass is 261 g/mol. The van der Waals surface area contributed by atoms with Crippen LogP contribution < -0.4 is 4.72 Å². The summed E-state index contributed by atoms with van der Waals surface area (Å²) in [6.45, 7) is 7.98. The second-order valence-corrected chi connectivity index (χ2v) is 6.84. The zero-order chi connectivity index (χ0) is 13.1. The van der Waals surface area contributed by atoms with Gasteiger partial charge in [-0.05, 0) is 25.7 Å². The standard InChI is InChI=1S/C11H23N3O2S/c1-9(2)5-6-10(3)14-8-7-12-11(14)13-17(4,15)16/h9-10H,5-8H2,1-4H3,(H,12,13). The minimum absolute atomic E-state index is 0.327. The van der Waals surface area contributed by atoms with E-state index >= 15 is 0 Å². The molecule has 5 nitrogen and oxygen atoms in total. The number of aliphatic imine (C=N–C) groups is 1. The summed E-state index contributed by atoms with van der Waals surface area (Å²) in [5.74, 6) is 1.17. The highest BCUT2D eigenvalue weighted by Crippen LogP contribution is 2.14. The van der Waals surface area contributed by atoms with Crippen molar-refractivity contribution < 1.29 is 8.42 Å². The molecule has 0 aromatic carbocycles. The van der Waals surface area contributed by atoms with E-state index in [4.69, 9.17) is 0 Å². The van der Waals surface area contributed by atoms with Crippen molar-refractivity contribution in [3.63, 3.8) is 0 Å². The highest BCUT2D eigenvalue weighted by atomic mass is 32.2. The molecule has 0 spiro atoms. The average molecular weight is 261 g/mol. The van der Waals surface area contributed by atoms with Gasteiger partial charge in [-0.1, -0.05) is 13.8 Å². The molecule has 0 fully saturated rings. The second kappa shape index (κ2) is 5.71. The minimum atomic E-state index is -3.23. The van der Waals surface area contributed by atoms with Gasteiger partial charge in [0.15, 0.2) is 0 Å². The van der Waals surface area contributed by atoms with Gasteiger partial charge in [0.2, 0.25) is 16.0 Å². The highest BCUT2D eigenvalue weighted by Gasteiger charge is 2.24. The molecule has 1 unspecified atom stereocenters. The first-order valence-electron chi connectivity index (χ1n) is 6.08. The lowest BCUT2D eigenvalue weighted by atomic mass is 10.0. The molecule has 100 valence electrons. The van der Waals surface area contributed by atoms with E-state index in [0.717, 1.165) is 25.6 Å². The average Bonchev–Trinajstić information content (AvgIpc) is 2.59. The Balaban J connectivity index is 2.56. The summed E-state index contributed by atoms with van der Waals surface area (Å²) in [6, 6.07) is 0.327. The molecule has 1 N–H and O–H groups in total. The third kappa shape index (κ3) is 4.93. The number of hydrogen-bond acceptors (Lipinski definition) is 4. The fraction of sp³-hybridized carbons (Fsp3) is 0.909. The molecule has 0 bridgehead atoms. The van der Waals surface area contributed by atoms with Crippen molar-refractivity contribution in [1.29, 1.82) is 0 Å². The van der Waals surface area contributed by atoms with E-state index in [2.05, 4.69) is 30.5 Å². The third-order valence-electron chi connectivity index (χ3n) is 2.85. The quantitative estimate of drug-likeness (QED) is 0.804. The number of nitrogens with one attached hydrogen (secondary N) is 1. The van der Waals surface area contributed by atoms with Crippen molar-refractivity contribution >= 4 is 16.0 Å². The molecule has 1 aliphatic rings. The summed E-state index contributed by atoms with van der Waals surface area (Å²) >= 11 is 0. The smallest absolute Gasteiger partial charge is 0.232 e. The molecule has 0 aromatic heterocycles. The summed E-state index contributed by atoms with van der Waals surface area (Å²) in [6.07, 6.45) is 3.36. The van der Waals surface area contributed by atoms with E-state index in [1.54, 1.807) is 0 Å². The van der Waals surface area contributed by atoms with Gasteiger partial charge in [-0.2, -0.15) is 0 Å². The molecular weight excluding hydrogens is 238 g/mol. The normalized spacial score (nSPS) is 18.4. The third-order valence-corrected chi connectivity index (χ3v) is 3.40. The van der Waals surface area contributed by atoms with Crippen LogP contribution in [0.1, 0.15) is 33.6 Å². The molecule has 17 heavy (non-hydrogen) atoms. The van der Waals surface area contributed by atoms with Gasteiger partial charge in [-0.25, -0.2) is 8.42 Å². The van der Waals surface area contributed by atoms with Crippen molar-refractivity contribution in [2.75, 3.05) is 19.3 Å². The zero-order valence-electron chi connectivity index (χ0n) is 11.1. The lowest BCUT2D eigenvalue weighted by Gasteiger charge is -2.28. The molecule has 0 amide bonds. The maximum atomic E-state index is 11.2. The highest BCUT2D eigenvalue weighted by molar-refractivity contribution is 7.89. The van der Waals surface area contributed by atoms with Crippen LogP contribution in [0.5, 0.6) is 0 Å². The largest absolute Gasteiger partial charge is 0.338 e. The maximum absolute atomic E-state index is 11.2. The second-order valence-electron chi connectivity index (χ2n) is 5.09. The van der Waals surface area contributed by atoms with Crippen molar-refractivity contribution in [2.24, 2.45) is 10.9 Å². The van der Waals surface area contributed by atoms with Gasteiger partial charge in [0, 0.05) is 12.6 Å². The number of guanidine groups is 1. The van der Waals surface area contributed by atoms with Crippen LogP contribution in [0.4, 0.5) is 0 Å². The summed E-state index contributed by atoms with van der Waals surface area (Å²) in [7, 11) is -3.23. The lowest BCUT2D eigenvalue weighted by molar-refractivity contribution is 0.315. The topological polar surface area (TPSA) is 61.8 Å². The number of nitrogens with zero attached hydrogens (tertiary/aromatic N) is 2. The van der Waals surface area contributed by atoms with Crippen LogP contribution in [0.2, 0.25) is 0 Å². The Kier molecular flexibility index (Phi) is 4.80. The van der Waals surface area contributed by atoms with E-state index in [1.165, 1.54) is 0 Å². The Hall–Kier alpha value is -0.780. The van der Waals surface area contributed by atoms with Crippen LogP contribution in [0.3, 0.4) is 0 Å². The van der Waals surface area contributed by atoms with E-state index in [9.17, 15) is 8.42 Å². The van der Waals surface area contributed by atoms with Crippen LogP contribution in [0.15, 0.2) is 4.99 Å². The van der Waals surface area contributed by atoms with Gasteiger partial charge in [-0.15, -0.1) is 0 Å². The van der Waals surface area contributed by atoms with Gasteiger partial charge >= 0.3 is 0 Å². The Bertz CT molecular complexity index is 376. The molecule has 0 saturated heterocycles. The van der Waals surface area contributed by atoms with Gasteiger partial charge < -0.3 is 4.90 Å². The first kappa shape index (κ1) is 14.3. The van der Waals surface area contributed by atoms with Gasteiger partial charge in [-0.3, -0.25) is 9.71 Å². The maximum Gasteiger partial charge on any atom is 0.232 e. The minimum Gasteiger partial charge on any atom is -0.338 e. The van der Waals surface area contributed by atoms with Crippen LogP contribution in [-0.4, -0.2) is 44.7 Å². The zero-order valence-corrected chi connectivity index (χ0v) is 11.9. The van der Waals surface area contributed by atoms with Crippen molar-refractivity contribution in [3.05, 3.63) is 0 Å². The molecule has 0 aliphatic carbocycles. The number of hydrogen-bond donors (Lipinski definition) is 1. The summed E-state index contributed by atoms with van der Waals surface area (Å²) in [5.41, 5.74) is 0.